The molecule has 0 spiro atoms. The number of hydrogen-bond acceptors (Lipinski definition) is 3. The van der Waals surface area contributed by atoms with Crippen LogP contribution in [0, 0.1) is 11.8 Å². The van der Waals surface area contributed by atoms with Crippen molar-refractivity contribution in [2.24, 2.45) is 0 Å². The maximum atomic E-state index is 11.9. The molecule has 0 radical (unpaired) electrons. The third kappa shape index (κ3) is 3.94. The smallest absolute Gasteiger partial charge is 0.408 e. The summed E-state index contributed by atoms with van der Waals surface area (Å²) in [4.78, 5) is 16.2. The van der Waals surface area contributed by atoms with Crippen LogP contribution in [-0.2, 0) is 4.74 Å². The largest absolute Gasteiger partial charge is 0.439 e. The van der Waals surface area contributed by atoms with Crippen LogP contribution in [0.2, 0.25) is 5.02 Å². The second kappa shape index (κ2) is 7.53. The summed E-state index contributed by atoms with van der Waals surface area (Å²) in [6, 6.07) is 18.6. The molecular weight excluding hydrogens is 360 g/mol. The number of ether oxygens (including phenoxy) is 1. The van der Waals surface area contributed by atoms with Gasteiger partial charge in [0.1, 0.15) is 6.04 Å². The predicted octanol–water partition coefficient (Wildman–Crippen LogP) is 4.66. The molecule has 2 aromatic carbocycles. The zero-order valence-electron chi connectivity index (χ0n) is 14.2. The van der Waals surface area contributed by atoms with Gasteiger partial charge in [-0.2, -0.15) is 0 Å². The maximum Gasteiger partial charge on any atom is 0.408 e. The van der Waals surface area contributed by atoms with Gasteiger partial charge in [-0.1, -0.05) is 53.8 Å². The molecule has 1 N–H and O–H groups in total. The van der Waals surface area contributed by atoms with Gasteiger partial charge in [-0.05, 0) is 41.5 Å². The number of rotatable bonds is 2. The molecule has 1 fully saturated rings. The fourth-order valence-corrected chi connectivity index (χ4v) is 3.18. The van der Waals surface area contributed by atoms with Crippen molar-refractivity contribution in [1.29, 1.82) is 0 Å². The highest BCUT2D eigenvalue weighted by Gasteiger charge is 2.36. The summed E-state index contributed by atoms with van der Waals surface area (Å²) in [5.74, 6) is 6.22. The Morgan fingerprint density at radius 1 is 0.926 bits per heavy atom. The van der Waals surface area contributed by atoms with Gasteiger partial charge in [-0.25, -0.2) is 4.79 Å². The number of nitrogens with zero attached hydrogens (tertiary/aromatic N) is 1. The van der Waals surface area contributed by atoms with Crippen LogP contribution in [0.15, 0.2) is 73.1 Å². The third-order valence-electron chi connectivity index (χ3n) is 4.23. The zero-order chi connectivity index (χ0) is 18.6. The lowest BCUT2D eigenvalue weighted by Gasteiger charge is -2.17. The second-order valence-corrected chi connectivity index (χ2v) is 6.56. The van der Waals surface area contributed by atoms with E-state index in [1.54, 1.807) is 24.5 Å². The molecule has 2 heterocycles. The zero-order valence-corrected chi connectivity index (χ0v) is 15.0. The first-order valence-corrected chi connectivity index (χ1v) is 8.81. The average molecular weight is 375 g/mol. The van der Waals surface area contributed by atoms with Crippen molar-refractivity contribution >= 4 is 17.7 Å². The van der Waals surface area contributed by atoms with Gasteiger partial charge >= 0.3 is 6.09 Å². The number of alkyl carbamates (subject to hydrolysis) is 1. The molecule has 4 rings (SSSR count). The van der Waals surface area contributed by atoms with E-state index < -0.39 is 12.2 Å². The van der Waals surface area contributed by atoms with Gasteiger partial charge in [-0.15, -0.1) is 0 Å². The van der Waals surface area contributed by atoms with E-state index in [1.807, 2.05) is 48.5 Å². The van der Waals surface area contributed by atoms with Gasteiger partial charge in [0.05, 0.1) is 0 Å². The van der Waals surface area contributed by atoms with Crippen LogP contribution in [0.3, 0.4) is 0 Å². The molecular formula is C22H15ClN2O2. The SMILES string of the molecule is O=C1N[C@@H](c2cncc(C#Cc3ccccc3)c2)[C@H](c2cccc(Cl)c2)O1. The number of nitrogens with one attached hydrogen (secondary N) is 1. The molecule has 1 aromatic heterocycles. The minimum atomic E-state index is -0.477. The fourth-order valence-electron chi connectivity index (χ4n) is 2.98. The number of carbonyl (C=O) groups excluding carboxylic acids is 1. The molecule has 5 heteroatoms. The van der Waals surface area contributed by atoms with Gasteiger partial charge in [0.2, 0.25) is 0 Å². The normalized spacial score (nSPS) is 18.2. The molecule has 0 aliphatic carbocycles. The van der Waals surface area contributed by atoms with E-state index in [9.17, 15) is 4.79 Å². The maximum absolute atomic E-state index is 11.9. The number of pyridine rings is 1. The minimum absolute atomic E-state index is 0.359. The van der Waals surface area contributed by atoms with E-state index in [-0.39, 0.29) is 6.04 Å². The average Bonchev–Trinajstić information content (AvgIpc) is 3.09. The molecule has 4 nitrogen and oxygen atoms in total. The van der Waals surface area contributed by atoms with Crippen molar-refractivity contribution < 1.29 is 9.53 Å². The Hall–Kier alpha value is -3.29. The lowest BCUT2D eigenvalue weighted by atomic mass is 9.97. The monoisotopic (exact) mass is 374 g/mol. The number of aromatic nitrogens is 1. The van der Waals surface area contributed by atoms with Gasteiger partial charge in [0.15, 0.2) is 6.10 Å². The first-order valence-electron chi connectivity index (χ1n) is 8.44. The van der Waals surface area contributed by atoms with E-state index in [0.717, 1.165) is 22.3 Å². The highest BCUT2D eigenvalue weighted by molar-refractivity contribution is 6.30. The van der Waals surface area contributed by atoms with Gasteiger partial charge < -0.3 is 10.1 Å². The first kappa shape index (κ1) is 17.1. The lowest BCUT2D eigenvalue weighted by molar-refractivity contribution is 0.132. The Kier molecular flexibility index (Phi) is 4.78. The van der Waals surface area contributed by atoms with Gasteiger partial charge in [0, 0.05) is 28.5 Å². The summed E-state index contributed by atoms with van der Waals surface area (Å²) in [7, 11) is 0. The Bertz CT molecular complexity index is 1040. The minimum Gasteiger partial charge on any atom is -0.439 e. The number of cyclic esters (lactones) is 1. The van der Waals surface area contributed by atoms with E-state index in [0.29, 0.717) is 5.02 Å². The summed E-state index contributed by atoms with van der Waals surface area (Å²) in [6.07, 6.45) is 2.47. The second-order valence-electron chi connectivity index (χ2n) is 6.13. The van der Waals surface area contributed by atoms with Crippen LogP contribution in [0.25, 0.3) is 0 Å². The van der Waals surface area contributed by atoms with E-state index in [2.05, 4.69) is 22.1 Å². The predicted molar refractivity (Wildman–Crippen MR) is 103 cm³/mol. The van der Waals surface area contributed by atoms with Crippen molar-refractivity contribution in [3.8, 4) is 11.8 Å². The van der Waals surface area contributed by atoms with E-state index in [4.69, 9.17) is 16.3 Å². The Morgan fingerprint density at radius 2 is 1.74 bits per heavy atom. The molecule has 27 heavy (non-hydrogen) atoms. The lowest BCUT2D eigenvalue weighted by Crippen LogP contribution is -2.19. The number of hydrogen-bond donors (Lipinski definition) is 1. The quantitative estimate of drug-likeness (QED) is 0.664. The molecule has 3 aromatic rings. The molecule has 2 atom stereocenters. The first-order chi connectivity index (χ1) is 13.2. The van der Waals surface area contributed by atoms with Gasteiger partial charge in [0.25, 0.3) is 0 Å². The molecule has 1 saturated heterocycles. The van der Waals surface area contributed by atoms with Crippen molar-refractivity contribution in [1.82, 2.24) is 10.3 Å². The molecule has 0 unspecified atom stereocenters. The summed E-state index contributed by atoms with van der Waals surface area (Å²) in [6.45, 7) is 0. The molecule has 132 valence electrons. The van der Waals surface area contributed by atoms with Crippen LogP contribution >= 0.6 is 11.6 Å². The molecule has 0 bridgehead atoms. The summed E-state index contributed by atoms with van der Waals surface area (Å²) in [5.41, 5.74) is 3.34. The van der Waals surface area contributed by atoms with Gasteiger partial charge in [-0.3, -0.25) is 4.98 Å². The third-order valence-corrected chi connectivity index (χ3v) is 4.47. The van der Waals surface area contributed by atoms with Crippen LogP contribution < -0.4 is 5.32 Å². The number of amides is 1. The summed E-state index contributed by atoms with van der Waals surface area (Å²) in [5, 5.41) is 3.44. The summed E-state index contributed by atoms with van der Waals surface area (Å²) < 4.78 is 5.47. The standard InChI is InChI=1S/C22H15ClN2O2/c23-19-8-4-7-17(12-19)21-20(25-22(26)27-21)18-11-16(13-24-14-18)10-9-15-5-2-1-3-6-15/h1-8,11-14,20-21H,(H,25,26)/t20-,21-/m0/s1. The molecule has 1 aliphatic heterocycles. The molecule has 1 aliphatic rings. The Balaban J connectivity index is 1.64. The fraction of sp³-hybridized carbons (Fsp3) is 0.0909. The van der Waals surface area contributed by atoms with Crippen molar-refractivity contribution in [2.45, 2.75) is 12.1 Å². The van der Waals surface area contributed by atoms with E-state index in [1.165, 1.54) is 0 Å². The van der Waals surface area contributed by atoms with Crippen LogP contribution in [-0.4, -0.2) is 11.1 Å². The Labute approximate surface area is 162 Å². The van der Waals surface area contributed by atoms with Crippen molar-refractivity contribution in [3.05, 3.63) is 100 Å². The van der Waals surface area contributed by atoms with Crippen LogP contribution in [0.5, 0.6) is 0 Å². The number of halogens is 1. The molecule has 0 saturated carbocycles. The van der Waals surface area contributed by atoms with Crippen molar-refractivity contribution in [2.75, 3.05) is 0 Å². The molecule has 1 amide bonds. The van der Waals surface area contributed by atoms with E-state index >= 15 is 0 Å². The number of benzene rings is 2. The Morgan fingerprint density at radius 3 is 2.56 bits per heavy atom. The highest BCUT2D eigenvalue weighted by Crippen LogP contribution is 2.37. The van der Waals surface area contributed by atoms with Crippen LogP contribution in [0.4, 0.5) is 4.79 Å². The topological polar surface area (TPSA) is 51.2 Å². The van der Waals surface area contributed by atoms with Crippen LogP contribution in [0.1, 0.15) is 34.4 Å². The van der Waals surface area contributed by atoms with Crippen molar-refractivity contribution in [3.63, 3.8) is 0 Å². The number of carbonyl (C=O) groups is 1. The highest BCUT2D eigenvalue weighted by atomic mass is 35.5. The summed E-state index contributed by atoms with van der Waals surface area (Å²) >= 11 is 6.09.